The number of carbonyl (C=O) groups is 3. The molecule has 3 amide bonds. The van der Waals surface area contributed by atoms with Crippen molar-refractivity contribution in [2.75, 3.05) is 20.1 Å². The molecule has 3 N–H and O–H groups in total. The van der Waals surface area contributed by atoms with Gasteiger partial charge >= 0.3 is 0 Å². The number of aromatic amines is 1. The van der Waals surface area contributed by atoms with Crippen molar-refractivity contribution in [3.05, 3.63) is 77.0 Å². The first-order valence-electron chi connectivity index (χ1n) is 15.5. The van der Waals surface area contributed by atoms with E-state index >= 15 is 0 Å². The second-order valence-electron chi connectivity index (χ2n) is 13.2. The monoisotopic (exact) mass is 595 g/mol. The molecular weight excluding hydrogens is 558 g/mol. The van der Waals surface area contributed by atoms with Gasteiger partial charge in [0, 0.05) is 42.1 Å². The highest BCUT2D eigenvalue weighted by molar-refractivity contribution is 6.01. The van der Waals surface area contributed by atoms with Gasteiger partial charge in [0.25, 0.3) is 11.8 Å². The average molecular weight is 596 g/mol. The van der Waals surface area contributed by atoms with Crippen molar-refractivity contribution < 1.29 is 24.2 Å². The molecule has 0 bridgehead atoms. The van der Waals surface area contributed by atoms with Gasteiger partial charge in [0.05, 0.1) is 5.92 Å². The van der Waals surface area contributed by atoms with Gasteiger partial charge in [-0.1, -0.05) is 48.5 Å². The van der Waals surface area contributed by atoms with Gasteiger partial charge in [0.2, 0.25) is 17.5 Å². The highest BCUT2D eigenvalue weighted by Gasteiger charge is 2.70. The van der Waals surface area contributed by atoms with Crippen LogP contribution in [0.5, 0.6) is 0 Å². The minimum Gasteiger partial charge on any atom is -0.358 e. The van der Waals surface area contributed by atoms with Crippen LogP contribution >= 0.6 is 0 Å². The minimum atomic E-state index is -2.04. The van der Waals surface area contributed by atoms with Crippen LogP contribution in [0.25, 0.3) is 16.5 Å². The molecule has 3 saturated heterocycles. The van der Waals surface area contributed by atoms with E-state index in [-0.39, 0.29) is 24.3 Å². The Morgan fingerprint density at radius 3 is 2.75 bits per heavy atom. The summed E-state index contributed by atoms with van der Waals surface area (Å²) in [4.78, 5) is 50.5. The van der Waals surface area contributed by atoms with E-state index in [4.69, 9.17) is 4.74 Å². The molecule has 0 saturated carbocycles. The minimum absolute atomic E-state index is 0.138. The molecule has 6 atom stereocenters. The maximum Gasteiger partial charge on any atom is 0.280 e. The van der Waals surface area contributed by atoms with Crippen LogP contribution in [0.15, 0.2) is 54.6 Å². The molecule has 5 aliphatic rings. The molecule has 5 heterocycles. The van der Waals surface area contributed by atoms with Crippen LogP contribution in [0.3, 0.4) is 0 Å². The summed E-state index contributed by atoms with van der Waals surface area (Å²) >= 11 is 0. The van der Waals surface area contributed by atoms with Crippen molar-refractivity contribution in [1.29, 1.82) is 0 Å². The molecule has 3 fully saturated rings. The summed E-state index contributed by atoms with van der Waals surface area (Å²) in [6.45, 7) is 4.56. The molecule has 8 rings (SSSR count). The molecule has 1 aromatic heterocycles. The Bertz CT molecular complexity index is 1750. The van der Waals surface area contributed by atoms with Crippen LogP contribution in [-0.2, 0) is 32.0 Å². The number of nitrogens with zero attached hydrogens (tertiary/aromatic N) is 3. The Hall–Kier alpha value is -3.99. The van der Waals surface area contributed by atoms with Gasteiger partial charge in [-0.15, -0.1) is 0 Å². The van der Waals surface area contributed by atoms with Gasteiger partial charge in [-0.2, -0.15) is 0 Å². The molecule has 44 heavy (non-hydrogen) atoms. The van der Waals surface area contributed by atoms with Gasteiger partial charge in [0.15, 0.2) is 0 Å². The smallest absolute Gasteiger partial charge is 0.280 e. The van der Waals surface area contributed by atoms with Gasteiger partial charge in [-0.3, -0.25) is 28.9 Å². The Labute approximate surface area is 255 Å². The first kappa shape index (κ1) is 27.6. The van der Waals surface area contributed by atoms with Gasteiger partial charge in [0.1, 0.15) is 12.1 Å². The maximum atomic E-state index is 14.2. The number of nitrogens with one attached hydrogen (secondary N) is 2. The second-order valence-corrected chi connectivity index (χ2v) is 13.2. The van der Waals surface area contributed by atoms with Gasteiger partial charge in [-0.25, -0.2) is 0 Å². The fourth-order valence-corrected chi connectivity index (χ4v) is 8.39. The van der Waals surface area contributed by atoms with E-state index in [2.05, 4.69) is 34.3 Å². The Morgan fingerprint density at radius 2 is 1.95 bits per heavy atom. The Balaban J connectivity index is 1.11. The maximum absolute atomic E-state index is 14.2. The van der Waals surface area contributed by atoms with Gasteiger partial charge < -0.3 is 20.3 Å². The van der Waals surface area contributed by atoms with Crippen LogP contribution in [0.1, 0.15) is 42.1 Å². The van der Waals surface area contributed by atoms with Gasteiger partial charge in [-0.05, 0) is 68.5 Å². The molecule has 1 aliphatic carbocycles. The third kappa shape index (κ3) is 3.80. The van der Waals surface area contributed by atoms with E-state index in [1.54, 1.807) is 4.90 Å². The summed E-state index contributed by atoms with van der Waals surface area (Å²) in [5.74, 6) is -3.77. The number of ether oxygens (including phenoxy) is 1. The number of hydrogen-bond donors (Lipinski definition) is 3. The lowest BCUT2D eigenvalue weighted by molar-refractivity contribution is -0.315. The number of piperazine rings is 1. The number of aryl methyl sites for hydroxylation is 1. The molecule has 2 aromatic carbocycles. The fraction of sp³-hybridized carbons (Fsp3) is 0.441. The Morgan fingerprint density at radius 1 is 1.16 bits per heavy atom. The number of carbonyl (C=O) groups excluding carboxylic acids is 3. The fourth-order valence-electron chi connectivity index (χ4n) is 8.39. The average Bonchev–Trinajstić information content (AvgIpc) is 3.67. The standard InChI is InChI=1S/C34H37N5O5/c1-19-23-17-26-24(22-11-7-12-25(35-19)29(22)23)16-21(18-37(26)3)30(40)36-33(2)32(42)39-27(15-20-9-5-4-6-10-20)31(41)38-14-8-13-28(38)34(39,43)44-33/h4-7,9-12,16,21,26-28,35,43H,8,13-15,17-18H2,1-3H3,(H,36,40)/t21-,26+,27-,28-,33+,34-/m0/s1. The zero-order valence-electron chi connectivity index (χ0n) is 25.2. The number of H-pyrrole nitrogens is 1. The van der Waals surface area contributed by atoms with Crippen molar-refractivity contribution in [1.82, 2.24) is 25.0 Å². The van der Waals surface area contributed by atoms with Crippen molar-refractivity contribution in [2.45, 2.75) is 69.3 Å². The second kappa shape index (κ2) is 9.50. The molecule has 0 radical (unpaired) electrons. The third-order valence-corrected chi connectivity index (χ3v) is 10.5. The normalized spacial score (nSPS) is 32.9. The molecule has 228 valence electrons. The summed E-state index contributed by atoms with van der Waals surface area (Å²) in [7, 11) is 2.03. The lowest BCUT2D eigenvalue weighted by Gasteiger charge is -2.48. The SMILES string of the molecule is Cc1[nH]c2cccc3c2c1C[C@@H]1C3=C[C@H](C(=O)N[C@]2(C)O[C@@]3(O)[C@@H]4CCCN4C(=O)[C@H](Cc4ccccc4)N3C2=O)CN1C. The predicted octanol–water partition coefficient (Wildman–Crippen LogP) is 2.30. The number of amides is 3. The van der Waals surface area contributed by atoms with E-state index in [1.807, 2.05) is 49.5 Å². The molecule has 10 nitrogen and oxygen atoms in total. The van der Waals surface area contributed by atoms with Crippen molar-refractivity contribution >= 4 is 34.2 Å². The first-order valence-corrected chi connectivity index (χ1v) is 15.5. The highest BCUT2D eigenvalue weighted by atomic mass is 16.7. The number of fused-ring (bicyclic) bond motifs is 5. The van der Waals surface area contributed by atoms with Crippen LogP contribution in [0, 0.1) is 12.8 Å². The summed E-state index contributed by atoms with van der Waals surface area (Å²) in [5.41, 5.74) is 4.82. The summed E-state index contributed by atoms with van der Waals surface area (Å²) in [6.07, 6.45) is 4.32. The lowest BCUT2D eigenvalue weighted by Crippen LogP contribution is -2.71. The molecule has 3 aromatic rings. The van der Waals surface area contributed by atoms with E-state index in [9.17, 15) is 19.5 Å². The van der Waals surface area contributed by atoms with Crippen molar-refractivity contribution in [2.24, 2.45) is 5.92 Å². The topological polar surface area (TPSA) is 118 Å². The van der Waals surface area contributed by atoms with E-state index < -0.39 is 35.5 Å². The number of aromatic nitrogens is 1. The van der Waals surface area contributed by atoms with E-state index in [0.717, 1.165) is 28.6 Å². The van der Waals surface area contributed by atoms with Crippen molar-refractivity contribution in [3.8, 4) is 0 Å². The van der Waals surface area contributed by atoms with Crippen LogP contribution < -0.4 is 5.32 Å². The first-order chi connectivity index (χ1) is 21.1. The van der Waals surface area contributed by atoms with E-state index in [1.165, 1.54) is 28.5 Å². The zero-order valence-corrected chi connectivity index (χ0v) is 25.2. The van der Waals surface area contributed by atoms with Crippen LogP contribution in [0.4, 0.5) is 0 Å². The summed E-state index contributed by atoms with van der Waals surface area (Å²) in [5, 5.41) is 16.2. The van der Waals surface area contributed by atoms with E-state index in [0.29, 0.717) is 25.9 Å². The number of hydrogen-bond acceptors (Lipinski definition) is 6. The lowest BCUT2D eigenvalue weighted by atomic mass is 9.79. The number of benzene rings is 2. The van der Waals surface area contributed by atoms with Crippen molar-refractivity contribution in [3.63, 3.8) is 0 Å². The zero-order chi connectivity index (χ0) is 30.5. The largest absolute Gasteiger partial charge is 0.358 e. The molecule has 0 spiro atoms. The molecule has 4 aliphatic heterocycles. The van der Waals surface area contributed by atoms with Crippen LogP contribution in [0.2, 0.25) is 0 Å². The number of likely N-dealkylation sites (N-methyl/N-ethyl adjacent to an activating group) is 1. The quantitative estimate of drug-likeness (QED) is 0.426. The molecule has 0 unspecified atom stereocenters. The Kier molecular flexibility index (Phi) is 5.95. The molecule has 10 heteroatoms. The van der Waals surface area contributed by atoms with Crippen LogP contribution in [-0.4, -0.2) is 92.4 Å². The summed E-state index contributed by atoms with van der Waals surface area (Å²) in [6, 6.07) is 14.2. The number of aliphatic hydroxyl groups is 1. The highest BCUT2D eigenvalue weighted by Crippen LogP contribution is 2.46. The molecular formula is C34H37N5O5. The summed E-state index contributed by atoms with van der Waals surface area (Å²) < 4.78 is 6.24. The number of rotatable bonds is 4. The predicted molar refractivity (Wildman–Crippen MR) is 163 cm³/mol. The third-order valence-electron chi connectivity index (χ3n) is 10.5.